The highest BCUT2D eigenvalue weighted by molar-refractivity contribution is 7.89. The van der Waals surface area contributed by atoms with Crippen molar-refractivity contribution in [3.05, 3.63) is 94.3 Å². The molecule has 2 aromatic carbocycles. The minimum atomic E-state index is -3.90. The fraction of sp³-hybridized carbons (Fsp3) is 0.0952. The lowest BCUT2D eigenvalue weighted by atomic mass is 10.2. The summed E-state index contributed by atoms with van der Waals surface area (Å²) >= 11 is 0. The molecular weight excluding hydrogens is 468 g/mol. The van der Waals surface area contributed by atoms with Crippen molar-refractivity contribution in [2.75, 3.05) is 0 Å². The van der Waals surface area contributed by atoms with Gasteiger partial charge in [0.1, 0.15) is 5.76 Å². The maximum Gasteiger partial charge on any atom is 0.338 e. The zero-order chi connectivity index (χ0) is 24.1. The summed E-state index contributed by atoms with van der Waals surface area (Å²) < 4.78 is 43.0. The Kier molecular flexibility index (Phi) is 6.47. The Labute approximate surface area is 192 Å². The van der Waals surface area contributed by atoms with Gasteiger partial charge >= 0.3 is 5.97 Å². The third-order valence-corrected chi connectivity index (χ3v) is 5.91. The lowest BCUT2D eigenvalue weighted by molar-refractivity contribution is -0.384. The van der Waals surface area contributed by atoms with Gasteiger partial charge in [0.2, 0.25) is 15.9 Å². The van der Waals surface area contributed by atoms with Crippen LogP contribution in [0.25, 0.3) is 11.5 Å². The van der Waals surface area contributed by atoms with Crippen LogP contribution >= 0.6 is 0 Å². The van der Waals surface area contributed by atoms with Gasteiger partial charge in [-0.25, -0.2) is 17.9 Å². The van der Waals surface area contributed by atoms with Gasteiger partial charge in [0, 0.05) is 17.7 Å². The molecule has 4 aromatic rings. The Balaban J connectivity index is 1.38. The molecule has 4 rings (SSSR count). The van der Waals surface area contributed by atoms with E-state index in [1.807, 2.05) is 0 Å². The highest BCUT2D eigenvalue weighted by atomic mass is 32.2. The number of furan rings is 1. The number of sulfonamides is 1. The second kappa shape index (κ2) is 9.64. The number of nitro benzene ring substituents is 1. The molecule has 0 spiro atoms. The molecule has 2 heterocycles. The minimum Gasteiger partial charge on any atom is -0.468 e. The van der Waals surface area contributed by atoms with E-state index in [2.05, 4.69) is 14.9 Å². The van der Waals surface area contributed by atoms with Gasteiger partial charge < -0.3 is 13.6 Å². The Morgan fingerprint density at radius 2 is 1.88 bits per heavy atom. The fourth-order valence-corrected chi connectivity index (χ4v) is 3.86. The first-order valence-electron chi connectivity index (χ1n) is 9.68. The smallest absolute Gasteiger partial charge is 0.338 e. The van der Waals surface area contributed by atoms with E-state index in [0.29, 0.717) is 11.3 Å². The van der Waals surface area contributed by atoms with Crippen LogP contribution in [0.4, 0.5) is 5.69 Å². The number of esters is 1. The minimum absolute atomic E-state index is 0.00871. The molecule has 2 aromatic heterocycles. The molecule has 0 aliphatic carbocycles. The van der Waals surface area contributed by atoms with E-state index in [4.69, 9.17) is 13.6 Å². The van der Waals surface area contributed by atoms with Gasteiger partial charge in [-0.1, -0.05) is 6.07 Å². The van der Waals surface area contributed by atoms with Gasteiger partial charge in [-0.2, -0.15) is 0 Å². The number of benzene rings is 2. The van der Waals surface area contributed by atoms with Crippen molar-refractivity contribution >= 4 is 21.7 Å². The summed E-state index contributed by atoms with van der Waals surface area (Å²) in [6.45, 7) is -0.398. The van der Waals surface area contributed by atoms with Crippen LogP contribution in [0.1, 0.15) is 22.0 Å². The number of hydrogen-bond donors (Lipinski definition) is 1. The number of carbonyl (C=O) groups excluding carboxylic acids is 1. The summed E-state index contributed by atoms with van der Waals surface area (Å²) in [6.07, 6.45) is 1.43. The van der Waals surface area contributed by atoms with Crippen LogP contribution < -0.4 is 4.72 Å². The van der Waals surface area contributed by atoms with Crippen LogP contribution in [0.15, 0.2) is 80.7 Å². The number of nitrogens with zero attached hydrogens (tertiary/aromatic N) is 3. The maximum atomic E-state index is 12.5. The molecule has 1 N–H and O–H groups in total. The third kappa shape index (κ3) is 5.33. The lowest BCUT2D eigenvalue weighted by Crippen LogP contribution is -2.23. The summed E-state index contributed by atoms with van der Waals surface area (Å²) in [5.74, 6) is -0.271. The Hall–Kier alpha value is -4.36. The van der Waals surface area contributed by atoms with Gasteiger partial charge in [0.25, 0.3) is 11.6 Å². The molecule has 0 radical (unpaired) electrons. The highest BCUT2D eigenvalue weighted by Crippen LogP contribution is 2.21. The quantitative estimate of drug-likeness (QED) is 0.212. The van der Waals surface area contributed by atoms with E-state index < -0.39 is 20.9 Å². The Bertz CT molecular complexity index is 1410. The Morgan fingerprint density at radius 3 is 2.59 bits per heavy atom. The number of ether oxygens (including phenoxy) is 1. The molecule has 13 heteroatoms. The van der Waals surface area contributed by atoms with E-state index in [9.17, 15) is 23.3 Å². The molecule has 174 valence electrons. The number of non-ortho nitro benzene ring substituents is 1. The zero-order valence-electron chi connectivity index (χ0n) is 17.3. The van der Waals surface area contributed by atoms with E-state index in [0.717, 1.165) is 0 Å². The molecule has 0 aliphatic rings. The molecule has 0 unspecified atom stereocenters. The van der Waals surface area contributed by atoms with Crippen LogP contribution in [-0.4, -0.2) is 29.5 Å². The summed E-state index contributed by atoms with van der Waals surface area (Å²) in [5, 5.41) is 18.3. The van der Waals surface area contributed by atoms with Crippen molar-refractivity contribution in [3.8, 4) is 11.5 Å². The van der Waals surface area contributed by atoms with Crippen molar-refractivity contribution in [2.45, 2.75) is 18.0 Å². The molecule has 0 bridgehead atoms. The second-order valence-corrected chi connectivity index (χ2v) is 8.58. The van der Waals surface area contributed by atoms with Crippen molar-refractivity contribution in [1.29, 1.82) is 0 Å². The SMILES string of the molecule is O=C(OCc1nnc(-c2ccc([N+](=O)[O-])cc2)o1)c1cccc(S(=O)(=O)NCc2ccco2)c1. The van der Waals surface area contributed by atoms with Gasteiger partial charge in [-0.05, 0) is 42.5 Å². The van der Waals surface area contributed by atoms with Crippen LogP contribution in [0.5, 0.6) is 0 Å². The number of nitrogens with one attached hydrogen (secondary N) is 1. The summed E-state index contributed by atoms with van der Waals surface area (Å²) in [5.41, 5.74) is 0.379. The van der Waals surface area contributed by atoms with Crippen LogP contribution in [0.3, 0.4) is 0 Å². The molecule has 0 fully saturated rings. The summed E-state index contributed by atoms with van der Waals surface area (Å²) in [4.78, 5) is 22.5. The predicted octanol–water partition coefficient (Wildman–Crippen LogP) is 3.07. The molecule has 12 nitrogen and oxygen atoms in total. The number of rotatable bonds is 9. The molecule has 0 atom stereocenters. The van der Waals surface area contributed by atoms with Crippen LogP contribution in [0.2, 0.25) is 0 Å². The van der Waals surface area contributed by atoms with Gasteiger partial charge in [0.05, 0.1) is 28.2 Å². The van der Waals surface area contributed by atoms with Crippen molar-refractivity contribution in [3.63, 3.8) is 0 Å². The first-order valence-corrected chi connectivity index (χ1v) is 11.2. The fourth-order valence-electron chi connectivity index (χ4n) is 2.82. The van der Waals surface area contributed by atoms with Crippen molar-refractivity contribution in [2.24, 2.45) is 0 Å². The summed E-state index contributed by atoms with van der Waals surface area (Å²) in [7, 11) is -3.90. The van der Waals surface area contributed by atoms with E-state index in [1.165, 1.54) is 54.8 Å². The normalized spacial score (nSPS) is 11.3. The Morgan fingerprint density at radius 1 is 1.09 bits per heavy atom. The zero-order valence-corrected chi connectivity index (χ0v) is 18.1. The first kappa shape index (κ1) is 22.8. The predicted molar refractivity (Wildman–Crippen MR) is 115 cm³/mol. The maximum absolute atomic E-state index is 12.5. The highest BCUT2D eigenvalue weighted by Gasteiger charge is 2.18. The topological polar surface area (TPSA) is 168 Å². The lowest BCUT2D eigenvalue weighted by Gasteiger charge is -2.07. The average molecular weight is 484 g/mol. The third-order valence-electron chi connectivity index (χ3n) is 4.52. The standard InChI is InChI=1S/C21H16N4O8S/c26-21(15-3-1-5-18(11-15)34(29,30)22-12-17-4-2-10-31-17)32-13-19-23-24-20(33-19)14-6-8-16(9-7-14)25(27)28/h1-11,22H,12-13H2. The number of aromatic nitrogens is 2. The van der Waals surface area contributed by atoms with Gasteiger partial charge in [0.15, 0.2) is 6.61 Å². The van der Waals surface area contributed by atoms with E-state index in [-0.39, 0.29) is 41.1 Å². The van der Waals surface area contributed by atoms with Crippen molar-refractivity contribution < 1.29 is 31.7 Å². The number of hydrogen-bond acceptors (Lipinski definition) is 10. The van der Waals surface area contributed by atoms with Gasteiger partial charge in [-0.15, -0.1) is 10.2 Å². The van der Waals surface area contributed by atoms with Crippen LogP contribution in [-0.2, 0) is 27.9 Å². The van der Waals surface area contributed by atoms with E-state index >= 15 is 0 Å². The summed E-state index contributed by atoms with van der Waals surface area (Å²) in [6, 6.07) is 14.1. The molecule has 34 heavy (non-hydrogen) atoms. The molecular formula is C21H16N4O8S. The van der Waals surface area contributed by atoms with Crippen molar-refractivity contribution in [1.82, 2.24) is 14.9 Å². The molecule has 0 aliphatic heterocycles. The van der Waals surface area contributed by atoms with Crippen LogP contribution in [0, 0.1) is 10.1 Å². The molecule has 0 amide bonds. The average Bonchev–Trinajstić information content (AvgIpc) is 3.54. The number of carbonyl (C=O) groups is 1. The molecule has 0 saturated carbocycles. The number of nitro groups is 1. The van der Waals surface area contributed by atoms with E-state index in [1.54, 1.807) is 12.1 Å². The monoisotopic (exact) mass is 484 g/mol. The van der Waals surface area contributed by atoms with Gasteiger partial charge in [-0.3, -0.25) is 10.1 Å². The first-order chi connectivity index (χ1) is 16.3. The molecule has 0 saturated heterocycles. The second-order valence-electron chi connectivity index (χ2n) is 6.81. The largest absolute Gasteiger partial charge is 0.468 e.